The molecule has 1 atom stereocenters. The van der Waals surface area contributed by atoms with Crippen LogP contribution >= 0.6 is 0 Å². The van der Waals surface area contributed by atoms with Gasteiger partial charge in [-0.2, -0.15) is 0 Å². The first-order chi connectivity index (χ1) is 19.9. The number of unbranched alkanes of at least 4 members (excludes halogenated alkanes) is 15. The first-order valence-corrected chi connectivity index (χ1v) is 16.5. The molecule has 41 heavy (non-hydrogen) atoms. The Morgan fingerprint density at radius 1 is 0.780 bits per heavy atom. The summed E-state index contributed by atoms with van der Waals surface area (Å²) in [5.74, 6) is 0.732. The topological polar surface area (TPSA) is 59.0 Å². The van der Waals surface area contributed by atoms with Crippen molar-refractivity contribution in [2.75, 3.05) is 16.7 Å². The Morgan fingerprint density at radius 3 is 1.93 bits per heavy atom. The molecule has 0 radical (unpaired) electrons. The SMILES string of the molecule is CCCCCCCCCCCCCCCCCCN1c2ccccc2C(C)(C)[C@]12C=Cc1cc(N([O-])O)ccc1O2. The molecule has 2 aromatic rings. The molecule has 5 heteroatoms. The highest BCUT2D eigenvalue weighted by atomic mass is 16.8. The van der Waals surface area contributed by atoms with Gasteiger partial charge in [-0.15, -0.1) is 0 Å². The monoisotopic (exact) mass is 561 g/mol. The smallest absolute Gasteiger partial charge is 0.212 e. The molecule has 2 aliphatic rings. The second-order valence-electron chi connectivity index (χ2n) is 12.7. The van der Waals surface area contributed by atoms with Gasteiger partial charge in [0.1, 0.15) is 5.75 Å². The van der Waals surface area contributed by atoms with Gasteiger partial charge in [0.2, 0.25) is 5.72 Å². The first kappa shape index (κ1) is 31.4. The fraction of sp³-hybridized carbons (Fsp3) is 0.611. The molecule has 0 bridgehead atoms. The molecule has 2 heterocycles. The highest BCUT2D eigenvalue weighted by Gasteiger charge is 2.58. The lowest BCUT2D eigenvalue weighted by Gasteiger charge is -2.47. The van der Waals surface area contributed by atoms with Crippen LogP contribution in [0.15, 0.2) is 48.5 Å². The Kier molecular flexibility index (Phi) is 11.6. The predicted octanol–water partition coefficient (Wildman–Crippen LogP) is 10.5. The van der Waals surface area contributed by atoms with E-state index in [0.29, 0.717) is 0 Å². The van der Waals surface area contributed by atoms with Gasteiger partial charge in [-0.25, -0.2) is 0 Å². The summed E-state index contributed by atoms with van der Waals surface area (Å²) in [6.07, 6.45) is 26.0. The van der Waals surface area contributed by atoms with E-state index < -0.39 is 5.72 Å². The minimum absolute atomic E-state index is 0.0998. The molecule has 0 aromatic heterocycles. The lowest BCUT2D eigenvalue weighted by Crippen LogP contribution is -2.59. The van der Waals surface area contributed by atoms with Crippen molar-refractivity contribution in [2.45, 2.75) is 135 Å². The van der Waals surface area contributed by atoms with Gasteiger partial charge in [-0.05, 0) is 62.2 Å². The summed E-state index contributed by atoms with van der Waals surface area (Å²) in [4.78, 5) is 2.45. The van der Waals surface area contributed by atoms with E-state index in [1.165, 1.54) is 108 Å². The summed E-state index contributed by atoms with van der Waals surface area (Å²) in [6.45, 7) is 7.74. The molecular formula is C36H53N2O3-. The molecule has 0 fully saturated rings. The molecular weight excluding hydrogens is 508 g/mol. The highest BCUT2D eigenvalue weighted by Crippen LogP contribution is 2.55. The van der Waals surface area contributed by atoms with E-state index >= 15 is 0 Å². The van der Waals surface area contributed by atoms with E-state index in [1.54, 1.807) is 18.2 Å². The molecule has 1 N–H and O–H groups in total. The number of fused-ring (bicyclic) bond motifs is 2. The maximum atomic E-state index is 11.4. The van der Waals surface area contributed by atoms with Crippen LogP contribution in [0.3, 0.4) is 0 Å². The lowest BCUT2D eigenvalue weighted by atomic mass is 9.76. The van der Waals surface area contributed by atoms with Crippen molar-refractivity contribution in [1.82, 2.24) is 0 Å². The normalized spacial score (nSPS) is 18.4. The second-order valence-corrected chi connectivity index (χ2v) is 12.7. The minimum Gasteiger partial charge on any atom is -0.733 e. The number of benzene rings is 2. The third-order valence-corrected chi connectivity index (χ3v) is 9.37. The van der Waals surface area contributed by atoms with Crippen LogP contribution in [0.4, 0.5) is 11.4 Å². The van der Waals surface area contributed by atoms with Gasteiger partial charge in [0, 0.05) is 17.8 Å². The van der Waals surface area contributed by atoms with Crippen molar-refractivity contribution in [3.8, 4) is 5.75 Å². The van der Waals surface area contributed by atoms with E-state index in [9.17, 15) is 10.4 Å². The number of hydrogen-bond acceptors (Lipinski definition) is 5. The number of ether oxygens (including phenoxy) is 1. The van der Waals surface area contributed by atoms with Crippen molar-refractivity contribution in [2.24, 2.45) is 0 Å². The van der Waals surface area contributed by atoms with Gasteiger partial charge in [0.15, 0.2) is 0 Å². The zero-order valence-corrected chi connectivity index (χ0v) is 25.9. The number of anilines is 2. The number of hydrogen-bond donors (Lipinski definition) is 1. The summed E-state index contributed by atoms with van der Waals surface area (Å²) in [7, 11) is 0. The molecule has 2 aliphatic heterocycles. The van der Waals surface area contributed by atoms with Crippen LogP contribution in [-0.2, 0) is 5.41 Å². The Hall–Kier alpha value is -2.50. The van der Waals surface area contributed by atoms with Crippen LogP contribution in [0.5, 0.6) is 5.75 Å². The van der Waals surface area contributed by atoms with E-state index in [0.717, 1.165) is 24.3 Å². The summed E-state index contributed by atoms with van der Waals surface area (Å²) < 4.78 is 6.84. The van der Waals surface area contributed by atoms with Crippen LogP contribution < -0.4 is 14.9 Å². The summed E-state index contributed by atoms with van der Waals surface area (Å²) in [6, 6.07) is 13.7. The van der Waals surface area contributed by atoms with E-state index in [1.807, 2.05) is 6.08 Å². The van der Waals surface area contributed by atoms with Gasteiger partial charge >= 0.3 is 0 Å². The molecule has 0 amide bonds. The maximum absolute atomic E-state index is 11.4. The molecule has 1 spiro atoms. The Morgan fingerprint density at radius 2 is 1.34 bits per heavy atom. The number of para-hydroxylation sites is 1. The van der Waals surface area contributed by atoms with Gasteiger partial charge in [0.05, 0.1) is 11.1 Å². The fourth-order valence-electron chi connectivity index (χ4n) is 6.81. The van der Waals surface area contributed by atoms with Crippen molar-refractivity contribution < 1.29 is 9.94 Å². The lowest BCUT2D eigenvalue weighted by molar-refractivity contribution is 0.0531. The van der Waals surface area contributed by atoms with Crippen molar-refractivity contribution >= 4 is 17.5 Å². The molecule has 2 aromatic carbocycles. The molecule has 0 aliphatic carbocycles. The van der Waals surface area contributed by atoms with Crippen molar-refractivity contribution in [3.63, 3.8) is 0 Å². The minimum atomic E-state index is -0.642. The predicted molar refractivity (Wildman–Crippen MR) is 173 cm³/mol. The van der Waals surface area contributed by atoms with Gasteiger partial charge in [-0.3, -0.25) is 5.21 Å². The van der Waals surface area contributed by atoms with Crippen LogP contribution in [0.25, 0.3) is 6.08 Å². The summed E-state index contributed by atoms with van der Waals surface area (Å²) in [5, 5.41) is 20.7. The molecule has 5 nitrogen and oxygen atoms in total. The summed E-state index contributed by atoms with van der Waals surface area (Å²) in [5.41, 5.74) is 2.63. The average Bonchev–Trinajstić information content (AvgIpc) is 3.15. The largest absolute Gasteiger partial charge is 0.733 e. The van der Waals surface area contributed by atoms with Crippen LogP contribution in [0, 0.1) is 5.21 Å². The average molecular weight is 562 g/mol. The fourth-order valence-corrected chi connectivity index (χ4v) is 6.81. The molecule has 0 saturated carbocycles. The van der Waals surface area contributed by atoms with E-state index in [4.69, 9.17) is 4.74 Å². The quantitative estimate of drug-likeness (QED) is 0.145. The van der Waals surface area contributed by atoms with Crippen LogP contribution in [0.1, 0.15) is 135 Å². The third kappa shape index (κ3) is 7.48. The maximum Gasteiger partial charge on any atom is 0.212 e. The van der Waals surface area contributed by atoms with Crippen molar-refractivity contribution in [1.29, 1.82) is 0 Å². The second kappa shape index (κ2) is 15.1. The number of rotatable bonds is 18. The van der Waals surface area contributed by atoms with Gasteiger partial charge < -0.3 is 20.1 Å². The van der Waals surface area contributed by atoms with Crippen LogP contribution in [0.2, 0.25) is 0 Å². The highest BCUT2D eigenvalue weighted by molar-refractivity contribution is 5.73. The Labute approximate surface area is 249 Å². The zero-order valence-electron chi connectivity index (χ0n) is 25.9. The Balaban J connectivity index is 1.22. The van der Waals surface area contributed by atoms with Gasteiger partial charge in [-0.1, -0.05) is 121 Å². The molecule has 0 saturated heterocycles. The number of nitrogens with zero attached hydrogens (tertiary/aromatic N) is 2. The third-order valence-electron chi connectivity index (χ3n) is 9.37. The van der Waals surface area contributed by atoms with Crippen molar-refractivity contribution in [3.05, 3.63) is 64.9 Å². The first-order valence-electron chi connectivity index (χ1n) is 16.5. The zero-order chi connectivity index (χ0) is 29.1. The molecule has 0 unspecified atom stereocenters. The van der Waals surface area contributed by atoms with Crippen LogP contribution in [-0.4, -0.2) is 17.5 Å². The molecule has 4 rings (SSSR count). The van der Waals surface area contributed by atoms with E-state index in [2.05, 4.69) is 56.0 Å². The van der Waals surface area contributed by atoms with E-state index in [-0.39, 0.29) is 16.3 Å². The Bertz CT molecular complexity index is 1110. The standard InChI is InChI=1S/C36H53N2O3/c1-4-5-6-7-8-9-10-11-12-13-14-15-16-17-18-21-28-37-33-23-20-19-22-32(33)35(2,3)36(37)27-26-30-29-31(38(39)40)24-25-34(30)41-36/h19-20,22-27,29,39H,4-18,21,28H2,1-3H3/q-1/t36-/m1/s1. The molecule has 226 valence electrons. The van der Waals surface area contributed by atoms with Gasteiger partial charge in [0.25, 0.3) is 0 Å². The summed E-state index contributed by atoms with van der Waals surface area (Å²) >= 11 is 0.